The zero-order valence-corrected chi connectivity index (χ0v) is 17.5. The Morgan fingerprint density at radius 3 is 2.79 bits per heavy atom. The number of carbonyl (C=O) groups is 1. The van der Waals surface area contributed by atoms with Crippen LogP contribution in [0.4, 0.5) is 22.2 Å². The number of nitrogens with one attached hydrogen (secondary N) is 2. The maximum Gasteiger partial charge on any atom is 0.327 e. The fraction of sp³-hybridized carbons (Fsp3) is 0.500. The van der Waals surface area contributed by atoms with Crippen molar-refractivity contribution in [2.75, 3.05) is 23.9 Å². The van der Waals surface area contributed by atoms with Crippen LogP contribution in [-0.4, -0.2) is 41.8 Å². The smallest absolute Gasteiger partial charge is 0.327 e. The average molecular weight is 398 g/mol. The van der Waals surface area contributed by atoms with Crippen molar-refractivity contribution in [3.8, 4) is 0 Å². The maximum absolute atomic E-state index is 13.3. The number of rotatable bonds is 7. The molecule has 0 saturated heterocycles. The molecule has 7 heteroatoms. The van der Waals surface area contributed by atoms with E-state index >= 15 is 0 Å². The lowest BCUT2D eigenvalue weighted by atomic mass is 9.96. The summed E-state index contributed by atoms with van der Waals surface area (Å²) in [6.45, 7) is 4.55. The maximum atomic E-state index is 13.3. The normalized spacial score (nSPS) is 15.6. The third kappa shape index (κ3) is 5.90. The van der Waals surface area contributed by atoms with Gasteiger partial charge in [-0.05, 0) is 44.4 Å². The molecule has 1 unspecified atom stereocenters. The van der Waals surface area contributed by atoms with Crippen LogP contribution in [0.1, 0.15) is 44.6 Å². The minimum absolute atomic E-state index is 0.0544. The van der Waals surface area contributed by atoms with Crippen molar-refractivity contribution in [2.24, 2.45) is 0 Å². The third-order valence-corrected chi connectivity index (χ3v) is 5.06. The van der Waals surface area contributed by atoms with E-state index < -0.39 is 0 Å². The Morgan fingerprint density at radius 1 is 1.28 bits per heavy atom. The molecular weight excluding hydrogens is 366 g/mol. The van der Waals surface area contributed by atoms with Crippen LogP contribution in [0.3, 0.4) is 0 Å². The van der Waals surface area contributed by atoms with Gasteiger partial charge < -0.3 is 15.4 Å². The zero-order valence-electron chi connectivity index (χ0n) is 17.5. The summed E-state index contributed by atoms with van der Waals surface area (Å²) in [6.07, 6.45) is 7.29. The van der Waals surface area contributed by atoms with Crippen molar-refractivity contribution in [3.63, 3.8) is 0 Å². The van der Waals surface area contributed by atoms with Crippen molar-refractivity contribution in [1.29, 1.82) is 0 Å². The van der Waals surface area contributed by atoms with Crippen LogP contribution in [-0.2, 0) is 4.74 Å². The Morgan fingerprint density at radius 2 is 2.07 bits per heavy atom. The van der Waals surface area contributed by atoms with Gasteiger partial charge in [0, 0.05) is 31.5 Å². The number of amides is 2. The Balaban J connectivity index is 1.87. The van der Waals surface area contributed by atoms with Gasteiger partial charge in [-0.15, -0.1) is 0 Å². The monoisotopic (exact) mass is 397 g/mol. The topological polar surface area (TPSA) is 79.4 Å². The summed E-state index contributed by atoms with van der Waals surface area (Å²) in [7, 11) is 1.66. The summed E-state index contributed by atoms with van der Waals surface area (Å²) >= 11 is 0. The molecule has 1 aromatic carbocycles. The molecule has 3 rings (SSSR count). The first-order chi connectivity index (χ1) is 14.1. The van der Waals surface area contributed by atoms with E-state index in [0.29, 0.717) is 18.4 Å². The average Bonchev–Trinajstić information content (AvgIpc) is 2.69. The van der Waals surface area contributed by atoms with E-state index in [0.717, 1.165) is 36.9 Å². The summed E-state index contributed by atoms with van der Waals surface area (Å²) < 4.78 is 5.17. The largest absolute Gasteiger partial charge is 0.383 e. The van der Waals surface area contributed by atoms with Crippen molar-refractivity contribution in [2.45, 2.75) is 58.0 Å². The first-order valence-electron chi connectivity index (χ1n) is 10.3. The van der Waals surface area contributed by atoms with Gasteiger partial charge in [0.15, 0.2) is 0 Å². The number of ether oxygens (including phenoxy) is 1. The Hall–Kier alpha value is -2.67. The van der Waals surface area contributed by atoms with Crippen molar-refractivity contribution in [1.82, 2.24) is 15.3 Å². The number of methoxy groups -OCH3 is 1. The fourth-order valence-corrected chi connectivity index (χ4v) is 3.66. The van der Waals surface area contributed by atoms with Crippen LogP contribution in [0.15, 0.2) is 36.5 Å². The Labute approximate surface area is 172 Å². The van der Waals surface area contributed by atoms with Crippen molar-refractivity contribution in [3.05, 3.63) is 42.1 Å². The molecule has 7 nitrogen and oxygen atoms in total. The molecule has 1 aromatic heterocycles. The number of anilines is 3. The SMILES string of the molecule is COCC(C)Nc1nccc(N(C(=O)NC2CCCCC2)c2cccc(C)c2)n1. The number of urea groups is 1. The number of nitrogens with zero attached hydrogens (tertiary/aromatic N) is 3. The first kappa shape index (κ1) is 21.0. The van der Waals surface area contributed by atoms with E-state index in [1.807, 2.05) is 38.1 Å². The molecule has 1 fully saturated rings. The molecule has 0 aliphatic heterocycles. The summed E-state index contributed by atoms with van der Waals surface area (Å²) in [5.41, 5.74) is 1.87. The van der Waals surface area contributed by atoms with Gasteiger partial charge in [-0.1, -0.05) is 31.4 Å². The summed E-state index contributed by atoms with van der Waals surface area (Å²) in [5.74, 6) is 1.00. The van der Waals surface area contributed by atoms with Crippen LogP contribution in [0, 0.1) is 6.92 Å². The lowest BCUT2D eigenvalue weighted by Crippen LogP contribution is -2.44. The number of hydrogen-bond acceptors (Lipinski definition) is 5. The second-order valence-electron chi connectivity index (χ2n) is 7.70. The predicted octanol–water partition coefficient (Wildman–Crippen LogP) is 4.41. The number of aromatic nitrogens is 2. The van der Waals surface area contributed by atoms with Crippen LogP contribution < -0.4 is 15.5 Å². The summed E-state index contributed by atoms with van der Waals surface area (Å²) in [5, 5.41) is 6.42. The molecule has 0 bridgehead atoms. The molecule has 2 N–H and O–H groups in total. The predicted molar refractivity (Wildman–Crippen MR) is 116 cm³/mol. The van der Waals surface area contributed by atoms with Crippen molar-refractivity contribution < 1.29 is 9.53 Å². The lowest BCUT2D eigenvalue weighted by molar-refractivity contribution is 0.190. The minimum Gasteiger partial charge on any atom is -0.383 e. The molecule has 0 radical (unpaired) electrons. The van der Waals surface area contributed by atoms with Crippen LogP contribution in [0.2, 0.25) is 0 Å². The lowest BCUT2D eigenvalue weighted by Gasteiger charge is -2.28. The number of aryl methyl sites for hydroxylation is 1. The minimum atomic E-state index is -0.155. The molecule has 1 heterocycles. The quantitative estimate of drug-likeness (QED) is 0.723. The molecule has 0 spiro atoms. The van der Waals surface area contributed by atoms with E-state index in [9.17, 15) is 4.79 Å². The van der Waals surface area contributed by atoms with Crippen molar-refractivity contribution >= 4 is 23.5 Å². The van der Waals surface area contributed by atoms with Crippen LogP contribution in [0.5, 0.6) is 0 Å². The van der Waals surface area contributed by atoms with E-state index in [2.05, 4.69) is 20.6 Å². The van der Waals surface area contributed by atoms with Gasteiger partial charge in [0.1, 0.15) is 5.82 Å². The Kier molecular flexibility index (Phi) is 7.41. The number of hydrogen-bond donors (Lipinski definition) is 2. The van der Waals surface area contributed by atoms with Gasteiger partial charge in [0.2, 0.25) is 5.95 Å². The molecule has 1 saturated carbocycles. The van der Waals surface area contributed by atoms with Gasteiger partial charge in [-0.3, -0.25) is 0 Å². The van der Waals surface area contributed by atoms with Crippen LogP contribution >= 0.6 is 0 Å². The standard InChI is InChI=1S/C22H31N5O2/c1-16-8-7-11-19(14-16)27(22(28)25-18-9-5-4-6-10-18)20-12-13-23-21(26-20)24-17(2)15-29-3/h7-8,11-14,17-18H,4-6,9-10,15H2,1-3H3,(H,25,28)(H,23,24,26). The Bertz CT molecular complexity index is 807. The first-order valence-corrected chi connectivity index (χ1v) is 10.3. The van der Waals surface area contributed by atoms with Gasteiger partial charge in [-0.25, -0.2) is 14.7 Å². The second kappa shape index (κ2) is 10.2. The summed E-state index contributed by atoms with van der Waals surface area (Å²) in [6, 6.07) is 9.75. The molecule has 156 valence electrons. The van der Waals surface area contributed by atoms with E-state index in [4.69, 9.17) is 4.74 Å². The van der Waals surface area contributed by atoms with Gasteiger partial charge in [0.05, 0.1) is 12.3 Å². The molecule has 1 aliphatic rings. The number of benzene rings is 1. The van der Waals surface area contributed by atoms with E-state index in [-0.39, 0.29) is 18.1 Å². The molecule has 1 atom stereocenters. The second-order valence-corrected chi connectivity index (χ2v) is 7.70. The highest BCUT2D eigenvalue weighted by Crippen LogP contribution is 2.26. The molecular formula is C22H31N5O2. The molecule has 1 aliphatic carbocycles. The van der Waals surface area contributed by atoms with Gasteiger partial charge in [-0.2, -0.15) is 4.98 Å². The van der Waals surface area contributed by atoms with Crippen LogP contribution in [0.25, 0.3) is 0 Å². The van der Waals surface area contributed by atoms with Gasteiger partial charge in [0.25, 0.3) is 0 Å². The van der Waals surface area contributed by atoms with E-state index in [1.54, 1.807) is 24.3 Å². The highest BCUT2D eigenvalue weighted by atomic mass is 16.5. The number of carbonyl (C=O) groups excluding carboxylic acids is 1. The highest BCUT2D eigenvalue weighted by molar-refractivity contribution is 5.98. The summed E-state index contributed by atoms with van der Waals surface area (Å²) in [4.78, 5) is 23.8. The zero-order chi connectivity index (χ0) is 20.6. The van der Waals surface area contributed by atoms with Gasteiger partial charge >= 0.3 is 6.03 Å². The third-order valence-electron chi connectivity index (χ3n) is 5.06. The molecule has 2 amide bonds. The molecule has 29 heavy (non-hydrogen) atoms. The molecule has 2 aromatic rings. The van der Waals surface area contributed by atoms with E-state index in [1.165, 1.54) is 6.42 Å². The fourth-order valence-electron chi connectivity index (χ4n) is 3.66. The highest BCUT2D eigenvalue weighted by Gasteiger charge is 2.24.